The molecule has 1 amide bonds. The van der Waals surface area contributed by atoms with Gasteiger partial charge in [-0.3, -0.25) is 4.79 Å². The molecule has 0 fully saturated rings. The Labute approximate surface area is 106 Å². The van der Waals surface area contributed by atoms with Gasteiger partial charge in [0.15, 0.2) is 0 Å². The molecular formula is C13H18N2OS. The summed E-state index contributed by atoms with van der Waals surface area (Å²) in [4.78, 5) is 15.4. The minimum atomic E-state index is -0.0232. The summed E-state index contributed by atoms with van der Waals surface area (Å²) in [7, 11) is 0. The van der Waals surface area contributed by atoms with Crippen molar-refractivity contribution in [1.82, 2.24) is 4.90 Å². The molecule has 1 aromatic heterocycles. The van der Waals surface area contributed by atoms with Crippen LogP contribution in [0.15, 0.2) is 29.7 Å². The minimum Gasteiger partial charge on any atom is -0.337 e. The van der Waals surface area contributed by atoms with Gasteiger partial charge in [-0.2, -0.15) is 0 Å². The van der Waals surface area contributed by atoms with Crippen molar-refractivity contribution in [1.29, 1.82) is 0 Å². The number of carbonyl (C=O) groups is 1. The van der Waals surface area contributed by atoms with Gasteiger partial charge in [0, 0.05) is 17.5 Å². The van der Waals surface area contributed by atoms with Gasteiger partial charge in [0.1, 0.15) is 0 Å². The Morgan fingerprint density at radius 1 is 1.59 bits per heavy atom. The number of thiophene rings is 1. The van der Waals surface area contributed by atoms with Crippen LogP contribution in [0.5, 0.6) is 0 Å². The van der Waals surface area contributed by atoms with Crippen molar-refractivity contribution in [2.75, 3.05) is 6.54 Å². The molecule has 2 rings (SSSR count). The zero-order valence-corrected chi connectivity index (χ0v) is 10.8. The maximum atomic E-state index is 12.3. The van der Waals surface area contributed by atoms with E-state index in [1.165, 1.54) is 4.88 Å². The maximum absolute atomic E-state index is 12.3. The third-order valence-electron chi connectivity index (χ3n) is 3.05. The SMILES string of the molecule is CCN(Cc1cccs1)C(=O)C1C=CC(N)C1. The average Bonchev–Trinajstić information content (AvgIpc) is 2.96. The quantitative estimate of drug-likeness (QED) is 0.831. The molecule has 3 nitrogen and oxygen atoms in total. The third kappa shape index (κ3) is 2.96. The van der Waals surface area contributed by atoms with Gasteiger partial charge in [0.05, 0.1) is 12.5 Å². The molecule has 17 heavy (non-hydrogen) atoms. The molecule has 1 aliphatic carbocycles. The molecule has 2 N–H and O–H groups in total. The highest BCUT2D eigenvalue weighted by molar-refractivity contribution is 7.09. The van der Waals surface area contributed by atoms with E-state index < -0.39 is 0 Å². The predicted octanol–water partition coefficient (Wildman–Crippen LogP) is 2.00. The number of hydrogen-bond donors (Lipinski definition) is 1. The van der Waals surface area contributed by atoms with E-state index in [9.17, 15) is 4.79 Å². The number of amides is 1. The molecule has 1 heterocycles. The second-order valence-corrected chi connectivity index (χ2v) is 5.35. The van der Waals surface area contributed by atoms with E-state index in [1.54, 1.807) is 11.3 Å². The van der Waals surface area contributed by atoms with Crippen molar-refractivity contribution < 1.29 is 4.79 Å². The van der Waals surface area contributed by atoms with Crippen LogP contribution in [0, 0.1) is 5.92 Å². The van der Waals surface area contributed by atoms with Crippen LogP contribution in [0.3, 0.4) is 0 Å². The largest absolute Gasteiger partial charge is 0.337 e. The Morgan fingerprint density at radius 3 is 2.94 bits per heavy atom. The Kier molecular flexibility index (Phi) is 3.97. The fourth-order valence-corrected chi connectivity index (χ4v) is 2.80. The summed E-state index contributed by atoms with van der Waals surface area (Å²) in [5.41, 5.74) is 5.79. The van der Waals surface area contributed by atoms with Crippen molar-refractivity contribution in [2.24, 2.45) is 11.7 Å². The van der Waals surface area contributed by atoms with E-state index in [0.29, 0.717) is 6.54 Å². The van der Waals surface area contributed by atoms with E-state index in [4.69, 9.17) is 5.73 Å². The molecule has 2 atom stereocenters. The highest BCUT2D eigenvalue weighted by Gasteiger charge is 2.26. The topological polar surface area (TPSA) is 46.3 Å². The van der Waals surface area contributed by atoms with E-state index in [-0.39, 0.29) is 17.9 Å². The standard InChI is InChI=1S/C13H18N2OS/c1-2-15(9-12-4-3-7-17-12)13(16)10-5-6-11(14)8-10/h3-7,10-11H,2,8-9,14H2,1H3. The summed E-state index contributed by atoms with van der Waals surface area (Å²) in [5, 5.41) is 2.04. The second kappa shape index (κ2) is 5.47. The summed E-state index contributed by atoms with van der Waals surface area (Å²) in [6, 6.07) is 4.13. The molecule has 4 heteroatoms. The molecule has 1 aliphatic rings. The van der Waals surface area contributed by atoms with Crippen molar-refractivity contribution in [2.45, 2.75) is 25.9 Å². The van der Waals surface area contributed by atoms with Gasteiger partial charge in [-0.25, -0.2) is 0 Å². The maximum Gasteiger partial charge on any atom is 0.229 e. The number of nitrogens with zero attached hydrogens (tertiary/aromatic N) is 1. The molecule has 0 spiro atoms. The lowest BCUT2D eigenvalue weighted by Gasteiger charge is -2.23. The average molecular weight is 250 g/mol. The highest BCUT2D eigenvalue weighted by atomic mass is 32.1. The number of nitrogens with two attached hydrogens (primary N) is 1. The Hall–Kier alpha value is -1.13. The fourth-order valence-electron chi connectivity index (χ4n) is 2.08. The number of hydrogen-bond acceptors (Lipinski definition) is 3. The van der Waals surface area contributed by atoms with E-state index in [1.807, 2.05) is 35.4 Å². The Balaban J connectivity index is 1.98. The third-order valence-corrected chi connectivity index (χ3v) is 3.92. The van der Waals surface area contributed by atoms with Gasteiger partial charge in [0.2, 0.25) is 5.91 Å². The lowest BCUT2D eigenvalue weighted by molar-refractivity contribution is -0.134. The molecule has 2 unspecified atom stereocenters. The van der Waals surface area contributed by atoms with E-state index >= 15 is 0 Å². The van der Waals surface area contributed by atoms with E-state index in [2.05, 4.69) is 6.07 Å². The van der Waals surface area contributed by atoms with Crippen molar-refractivity contribution in [3.8, 4) is 0 Å². The van der Waals surface area contributed by atoms with Crippen molar-refractivity contribution >= 4 is 17.2 Å². The molecule has 0 aliphatic heterocycles. The van der Waals surface area contributed by atoms with Crippen LogP contribution < -0.4 is 5.73 Å². The monoisotopic (exact) mass is 250 g/mol. The number of carbonyl (C=O) groups excluding carboxylic acids is 1. The Morgan fingerprint density at radius 2 is 2.41 bits per heavy atom. The molecule has 0 radical (unpaired) electrons. The van der Waals surface area contributed by atoms with Crippen molar-refractivity contribution in [3.05, 3.63) is 34.5 Å². The van der Waals surface area contributed by atoms with Gasteiger partial charge in [-0.15, -0.1) is 11.3 Å². The molecule has 0 saturated carbocycles. The van der Waals surface area contributed by atoms with Crippen molar-refractivity contribution in [3.63, 3.8) is 0 Å². The van der Waals surface area contributed by atoms with Crippen LogP contribution in [0.2, 0.25) is 0 Å². The van der Waals surface area contributed by atoms with E-state index in [0.717, 1.165) is 13.0 Å². The van der Waals surface area contributed by atoms with Gasteiger partial charge >= 0.3 is 0 Å². The fraction of sp³-hybridized carbons (Fsp3) is 0.462. The molecule has 0 aromatic carbocycles. The second-order valence-electron chi connectivity index (χ2n) is 4.32. The van der Waals surface area contributed by atoms with Gasteiger partial charge in [-0.05, 0) is 24.8 Å². The predicted molar refractivity (Wildman–Crippen MR) is 70.6 cm³/mol. The molecule has 0 bridgehead atoms. The summed E-state index contributed by atoms with van der Waals surface area (Å²) in [6.45, 7) is 3.48. The first-order chi connectivity index (χ1) is 8.20. The summed E-state index contributed by atoms with van der Waals surface area (Å²) < 4.78 is 0. The summed E-state index contributed by atoms with van der Waals surface area (Å²) in [5.74, 6) is 0.176. The smallest absolute Gasteiger partial charge is 0.229 e. The summed E-state index contributed by atoms with van der Waals surface area (Å²) >= 11 is 1.69. The van der Waals surface area contributed by atoms with Gasteiger partial charge in [0.25, 0.3) is 0 Å². The molecule has 92 valence electrons. The lowest BCUT2D eigenvalue weighted by atomic mass is 10.1. The van der Waals surface area contributed by atoms with Crippen LogP contribution in [-0.2, 0) is 11.3 Å². The lowest BCUT2D eigenvalue weighted by Crippen LogP contribution is -2.35. The van der Waals surface area contributed by atoms with Crippen LogP contribution in [0.1, 0.15) is 18.2 Å². The van der Waals surface area contributed by atoms with Crippen LogP contribution >= 0.6 is 11.3 Å². The first kappa shape index (κ1) is 12.3. The zero-order valence-electron chi connectivity index (χ0n) is 10.0. The normalized spacial score (nSPS) is 22.9. The molecular weight excluding hydrogens is 232 g/mol. The first-order valence-electron chi connectivity index (χ1n) is 5.95. The highest BCUT2D eigenvalue weighted by Crippen LogP contribution is 2.21. The number of rotatable bonds is 4. The summed E-state index contributed by atoms with van der Waals surface area (Å²) in [6.07, 6.45) is 4.63. The van der Waals surface area contributed by atoms with Gasteiger partial charge < -0.3 is 10.6 Å². The van der Waals surface area contributed by atoms with Crippen LogP contribution in [-0.4, -0.2) is 23.4 Å². The zero-order chi connectivity index (χ0) is 12.3. The minimum absolute atomic E-state index is 0.0232. The van der Waals surface area contributed by atoms with Gasteiger partial charge in [-0.1, -0.05) is 18.2 Å². The first-order valence-corrected chi connectivity index (χ1v) is 6.83. The van der Waals surface area contributed by atoms with Crippen LogP contribution in [0.25, 0.3) is 0 Å². The Bertz CT molecular complexity index is 400. The van der Waals surface area contributed by atoms with Crippen LogP contribution in [0.4, 0.5) is 0 Å². The molecule has 1 aromatic rings. The molecule has 0 saturated heterocycles.